The molecular weight excluding hydrogens is 298 g/mol. The minimum absolute atomic E-state index is 0.0616. The molecule has 1 N–H and O–H groups in total. The zero-order valence-electron chi connectivity index (χ0n) is 10.2. The van der Waals surface area contributed by atoms with Gasteiger partial charge >= 0.3 is 5.97 Å². The minimum atomic E-state index is -0.898. The highest BCUT2D eigenvalue weighted by atomic mass is 79.9. The van der Waals surface area contributed by atoms with E-state index in [0.29, 0.717) is 12.1 Å². The van der Waals surface area contributed by atoms with E-state index in [-0.39, 0.29) is 12.3 Å². The van der Waals surface area contributed by atoms with Crippen LogP contribution in [0.3, 0.4) is 0 Å². The summed E-state index contributed by atoms with van der Waals surface area (Å²) in [5.41, 5.74) is 0.915. The van der Waals surface area contributed by atoms with Gasteiger partial charge in [0, 0.05) is 22.1 Å². The fourth-order valence-corrected chi connectivity index (χ4v) is 2.65. The number of aliphatic carboxylic acids is 1. The highest BCUT2D eigenvalue weighted by Crippen LogP contribution is 2.32. The van der Waals surface area contributed by atoms with Crippen LogP contribution >= 0.6 is 15.9 Å². The third-order valence-electron chi connectivity index (χ3n) is 3.19. The number of hydrogen-bond acceptors (Lipinski definition) is 2. The van der Waals surface area contributed by atoms with Crippen LogP contribution in [0.15, 0.2) is 22.7 Å². The zero-order chi connectivity index (χ0) is 13.5. The van der Waals surface area contributed by atoms with E-state index in [1.165, 1.54) is 0 Å². The molecule has 0 spiro atoms. The lowest BCUT2D eigenvalue weighted by Gasteiger charge is -2.34. The van der Waals surface area contributed by atoms with Crippen molar-refractivity contribution in [3.05, 3.63) is 33.8 Å². The number of carbonyl (C=O) groups excluding carboxylic acids is 1. The Morgan fingerprint density at radius 2 is 2.17 bits per heavy atom. The summed E-state index contributed by atoms with van der Waals surface area (Å²) < 4.78 is 0.923. The van der Waals surface area contributed by atoms with E-state index in [1.54, 1.807) is 24.8 Å². The number of amides is 1. The van der Waals surface area contributed by atoms with Gasteiger partial charge < -0.3 is 10.0 Å². The van der Waals surface area contributed by atoms with Crippen LogP contribution in [0, 0.1) is 0 Å². The Kier molecular flexibility index (Phi) is 3.19. The summed E-state index contributed by atoms with van der Waals surface area (Å²) in [5, 5.41) is 8.91. The van der Waals surface area contributed by atoms with Gasteiger partial charge in [0.1, 0.15) is 0 Å². The molecule has 1 amide bonds. The Labute approximate surface area is 114 Å². The van der Waals surface area contributed by atoms with Gasteiger partial charge in [-0.25, -0.2) is 0 Å². The van der Waals surface area contributed by atoms with E-state index < -0.39 is 11.5 Å². The van der Waals surface area contributed by atoms with Crippen LogP contribution in [0.5, 0.6) is 0 Å². The monoisotopic (exact) mass is 311 g/mol. The van der Waals surface area contributed by atoms with Crippen LogP contribution in [-0.4, -0.2) is 27.4 Å². The summed E-state index contributed by atoms with van der Waals surface area (Å²) in [4.78, 5) is 24.7. The van der Waals surface area contributed by atoms with Gasteiger partial charge in [-0.3, -0.25) is 9.59 Å². The molecule has 0 saturated carbocycles. The van der Waals surface area contributed by atoms with E-state index in [4.69, 9.17) is 5.11 Å². The number of carboxylic acid groups (broad SMARTS) is 1. The number of fused-ring (bicyclic) bond motifs is 1. The van der Waals surface area contributed by atoms with E-state index in [2.05, 4.69) is 15.9 Å². The van der Waals surface area contributed by atoms with Crippen LogP contribution in [0.2, 0.25) is 0 Å². The topological polar surface area (TPSA) is 57.6 Å². The molecule has 0 atom stereocenters. The molecule has 0 saturated heterocycles. The SMILES string of the molecule is CC(C)(CC(=O)O)N1Cc2cc(Br)ccc2C1=O. The molecule has 0 radical (unpaired) electrons. The molecule has 18 heavy (non-hydrogen) atoms. The average Bonchev–Trinajstić information content (AvgIpc) is 2.54. The molecule has 1 aromatic rings. The lowest BCUT2D eigenvalue weighted by molar-refractivity contribution is -0.139. The maximum absolute atomic E-state index is 12.3. The molecule has 0 aromatic heterocycles. The van der Waals surface area contributed by atoms with Crippen molar-refractivity contribution in [1.29, 1.82) is 0 Å². The number of hydrogen-bond donors (Lipinski definition) is 1. The van der Waals surface area contributed by atoms with Crippen molar-refractivity contribution in [2.75, 3.05) is 0 Å². The summed E-state index contributed by atoms with van der Waals surface area (Å²) in [6.45, 7) is 4.02. The Morgan fingerprint density at radius 3 is 2.78 bits per heavy atom. The van der Waals surface area contributed by atoms with E-state index >= 15 is 0 Å². The van der Waals surface area contributed by atoms with Crippen molar-refractivity contribution in [3.8, 4) is 0 Å². The van der Waals surface area contributed by atoms with Gasteiger partial charge in [-0.2, -0.15) is 0 Å². The van der Waals surface area contributed by atoms with Gasteiger partial charge in [0.05, 0.1) is 6.42 Å². The molecule has 5 heteroatoms. The lowest BCUT2D eigenvalue weighted by Crippen LogP contribution is -2.45. The van der Waals surface area contributed by atoms with Gasteiger partial charge in [-0.15, -0.1) is 0 Å². The van der Waals surface area contributed by atoms with Crippen LogP contribution in [0.25, 0.3) is 0 Å². The smallest absolute Gasteiger partial charge is 0.305 e. The number of benzene rings is 1. The second-order valence-corrected chi connectivity index (χ2v) is 5.99. The van der Waals surface area contributed by atoms with E-state index in [9.17, 15) is 9.59 Å². The number of carbonyl (C=O) groups is 2. The second-order valence-electron chi connectivity index (χ2n) is 5.08. The number of halogens is 1. The normalized spacial score (nSPS) is 14.8. The maximum Gasteiger partial charge on any atom is 0.305 e. The fraction of sp³-hybridized carbons (Fsp3) is 0.385. The highest BCUT2D eigenvalue weighted by Gasteiger charge is 2.38. The predicted octanol–water partition coefficient (Wildman–Crippen LogP) is 2.66. The van der Waals surface area contributed by atoms with Crippen LogP contribution < -0.4 is 0 Å². The van der Waals surface area contributed by atoms with Gasteiger partial charge in [-0.05, 0) is 37.6 Å². The molecule has 1 aliphatic rings. The molecule has 1 aromatic carbocycles. The first-order valence-corrected chi connectivity index (χ1v) is 6.43. The molecule has 0 bridgehead atoms. The molecule has 0 unspecified atom stereocenters. The van der Waals surface area contributed by atoms with Gasteiger partial charge in [0.15, 0.2) is 0 Å². The molecule has 96 valence electrons. The molecule has 1 heterocycles. The molecule has 1 aliphatic heterocycles. The quantitative estimate of drug-likeness (QED) is 0.933. The number of nitrogens with zero attached hydrogens (tertiary/aromatic N) is 1. The van der Waals surface area contributed by atoms with Crippen LogP contribution in [0.1, 0.15) is 36.2 Å². The summed E-state index contributed by atoms with van der Waals surface area (Å²) in [6, 6.07) is 5.51. The number of carboxylic acids is 1. The molecule has 2 rings (SSSR count). The lowest BCUT2D eigenvalue weighted by atomic mass is 9.98. The van der Waals surface area contributed by atoms with Crippen molar-refractivity contribution >= 4 is 27.8 Å². The van der Waals surface area contributed by atoms with Crippen molar-refractivity contribution < 1.29 is 14.7 Å². The summed E-state index contributed by atoms with van der Waals surface area (Å²) in [5.74, 6) is -0.992. The van der Waals surface area contributed by atoms with Crippen molar-refractivity contribution in [2.24, 2.45) is 0 Å². The van der Waals surface area contributed by atoms with Gasteiger partial charge in [0.2, 0.25) is 0 Å². The Balaban J connectivity index is 2.31. The maximum atomic E-state index is 12.3. The third kappa shape index (κ3) is 2.27. The Morgan fingerprint density at radius 1 is 1.50 bits per heavy atom. The minimum Gasteiger partial charge on any atom is -0.481 e. The van der Waals surface area contributed by atoms with Gasteiger partial charge in [-0.1, -0.05) is 15.9 Å². The van der Waals surface area contributed by atoms with Gasteiger partial charge in [0.25, 0.3) is 5.91 Å². The van der Waals surface area contributed by atoms with E-state index in [1.807, 2.05) is 12.1 Å². The molecular formula is C13H14BrNO3. The average molecular weight is 312 g/mol. The van der Waals surface area contributed by atoms with Crippen molar-refractivity contribution in [1.82, 2.24) is 4.90 Å². The van der Waals surface area contributed by atoms with Crippen LogP contribution in [0.4, 0.5) is 0 Å². The fourth-order valence-electron chi connectivity index (χ4n) is 2.24. The second kappa shape index (κ2) is 4.39. The first-order chi connectivity index (χ1) is 8.31. The third-order valence-corrected chi connectivity index (χ3v) is 3.68. The molecule has 0 fully saturated rings. The zero-order valence-corrected chi connectivity index (χ0v) is 11.8. The Hall–Kier alpha value is -1.36. The van der Waals surface area contributed by atoms with Crippen molar-refractivity contribution in [2.45, 2.75) is 32.4 Å². The molecule has 4 nitrogen and oxygen atoms in total. The van der Waals surface area contributed by atoms with Crippen molar-refractivity contribution in [3.63, 3.8) is 0 Å². The highest BCUT2D eigenvalue weighted by molar-refractivity contribution is 9.10. The standard InChI is InChI=1S/C13H14BrNO3/c1-13(2,6-11(16)17)15-7-8-5-9(14)3-4-10(8)12(15)18/h3-5H,6-7H2,1-2H3,(H,16,17). The summed E-state index contributed by atoms with van der Waals surface area (Å²) in [7, 11) is 0. The Bertz CT molecular complexity index is 525. The molecule has 0 aliphatic carbocycles. The van der Waals surface area contributed by atoms with Crippen LogP contribution in [-0.2, 0) is 11.3 Å². The largest absolute Gasteiger partial charge is 0.481 e. The number of rotatable bonds is 3. The first kappa shape index (κ1) is 13.1. The summed E-state index contributed by atoms with van der Waals surface area (Å²) in [6.07, 6.45) is -0.0616. The predicted molar refractivity (Wildman–Crippen MR) is 70.3 cm³/mol. The first-order valence-electron chi connectivity index (χ1n) is 5.63. The van der Waals surface area contributed by atoms with E-state index in [0.717, 1.165) is 10.0 Å². The summed E-state index contributed by atoms with van der Waals surface area (Å²) >= 11 is 3.37.